The van der Waals surface area contributed by atoms with Crippen LogP contribution in [0.5, 0.6) is 0 Å². The number of benzene rings is 1. The van der Waals surface area contributed by atoms with Crippen LogP contribution in [0.25, 0.3) is 0 Å². The van der Waals surface area contributed by atoms with Gasteiger partial charge in [0.05, 0.1) is 11.8 Å². The predicted molar refractivity (Wildman–Crippen MR) is 82.5 cm³/mol. The Morgan fingerprint density at radius 2 is 2.18 bits per heavy atom. The van der Waals surface area contributed by atoms with Crippen LogP contribution < -0.4 is 5.73 Å². The third kappa shape index (κ3) is 3.28. The summed E-state index contributed by atoms with van der Waals surface area (Å²) >= 11 is 0. The molecular formula is C16H21N3O3. The standard InChI is InChI=1S/C16H21N3O3/c17-10-13-11-19(7-4-8-21-13)16(20)15-9-14(18-22-15)12-5-2-1-3-6-12/h1-3,5-6,13,15H,4,7-11,17H2. The minimum atomic E-state index is -0.535. The summed E-state index contributed by atoms with van der Waals surface area (Å²) in [4.78, 5) is 19.8. The molecule has 22 heavy (non-hydrogen) atoms. The van der Waals surface area contributed by atoms with Crippen LogP contribution in [0.15, 0.2) is 35.5 Å². The summed E-state index contributed by atoms with van der Waals surface area (Å²) in [6, 6.07) is 9.79. The number of oxime groups is 1. The lowest BCUT2D eigenvalue weighted by Crippen LogP contribution is -2.44. The molecule has 1 aromatic rings. The van der Waals surface area contributed by atoms with Crippen molar-refractivity contribution in [1.82, 2.24) is 4.90 Å². The second kappa shape index (κ2) is 6.89. The molecule has 0 saturated carbocycles. The summed E-state index contributed by atoms with van der Waals surface area (Å²) < 4.78 is 5.60. The maximum atomic E-state index is 12.6. The van der Waals surface area contributed by atoms with Crippen molar-refractivity contribution in [1.29, 1.82) is 0 Å². The van der Waals surface area contributed by atoms with E-state index in [4.69, 9.17) is 15.3 Å². The number of hydrogen-bond acceptors (Lipinski definition) is 5. The van der Waals surface area contributed by atoms with E-state index in [9.17, 15) is 4.79 Å². The van der Waals surface area contributed by atoms with Crippen molar-refractivity contribution >= 4 is 11.6 Å². The Morgan fingerprint density at radius 3 is 2.95 bits per heavy atom. The quantitative estimate of drug-likeness (QED) is 0.894. The smallest absolute Gasteiger partial charge is 0.266 e. The molecule has 3 rings (SSSR count). The molecule has 0 spiro atoms. The zero-order valence-corrected chi connectivity index (χ0v) is 12.5. The fourth-order valence-electron chi connectivity index (χ4n) is 2.75. The van der Waals surface area contributed by atoms with Crippen LogP contribution >= 0.6 is 0 Å². The van der Waals surface area contributed by atoms with Crippen LogP contribution in [0, 0.1) is 0 Å². The highest BCUT2D eigenvalue weighted by molar-refractivity contribution is 6.04. The molecular weight excluding hydrogens is 282 g/mol. The van der Waals surface area contributed by atoms with Gasteiger partial charge in [0.2, 0.25) is 6.10 Å². The van der Waals surface area contributed by atoms with Gasteiger partial charge in [0, 0.05) is 32.7 Å². The Morgan fingerprint density at radius 1 is 1.36 bits per heavy atom. The lowest BCUT2D eigenvalue weighted by molar-refractivity contribution is -0.142. The molecule has 2 atom stereocenters. The fourth-order valence-corrected chi connectivity index (χ4v) is 2.75. The first kappa shape index (κ1) is 15.0. The van der Waals surface area contributed by atoms with Gasteiger partial charge in [-0.1, -0.05) is 35.5 Å². The van der Waals surface area contributed by atoms with Crippen molar-refractivity contribution in [3.63, 3.8) is 0 Å². The summed E-state index contributed by atoms with van der Waals surface area (Å²) in [6.07, 6.45) is 0.698. The molecule has 0 bridgehead atoms. The lowest BCUT2D eigenvalue weighted by atomic mass is 10.0. The van der Waals surface area contributed by atoms with E-state index in [0.29, 0.717) is 32.7 Å². The molecule has 0 radical (unpaired) electrons. The minimum Gasteiger partial charge on any atom is -0.382 e. The van der Waals surface area contributed by atoms with Crippen molar-refractivity contribution in [2.75, 3.05) is 26.2 Å². The number of carbonyl (C=O) groups excluding carboxylic acids is 1. The van der Waals surface area contributed by atoms with Gasteiger partial charge in [0.15, 0.2) is 0 Å². The molecule has 6 heteroatoms. The monoisotopic (exact) mass is 303 g/mol. The molecule has 2 aliphatic rings. The molecule has 1 fully saturated rings. The third-order valence-corrected chi connectivity index (χ3v) is 3.98. The largest absolute Gasteiger partial charge is 0.382 e. The molecule has 118 valence electrons. The van der Waals surface area contributed by atoms with Crippen LogP contribution in [0.1, 0.15) is 18.4 Å². The van der Waals surface area contributed by atoms with Gasteiger partial charge in [-0.2, -0.15) is 0 Å². The number of rotatable bonds is 3. The summed E-state index contributed by atoms with van der Waals surface area (Å²) in [6.45, 7) is 2.26. The Kier molecular flexibility index (Phi) is 4.70. The van der Waals surface area contributed by atoms with Crippen molar-refractivity contribution in [2.45, 2.75) is 25.0 Å². The first-order valence-corrected chi connectivity index (χ1v) is 7.66. The number of nitrogens with two attached hydrogens (primary N) is 1. The molecule has 2 heterocycles. The fraction of sp³-hybridized carbons (Fsp3) is 0.500. The van der Waals surface area contributed by atoms with Crippen LogP contribution in [0.4, 0.5) is 0 Å². The Hall–Kier alpha value is -1.92. The summed E-state index contributed by atoms with van der Waals surface area (Å²) in [5.41, 5.74) is 7.49. The van der Waals surface area contributed by atoms with E-state index in [-0.39, 0.29) is 12.0 Å². The minimum absolute atomic E-state index is 0.0290. The van der Waals surface area contributed by atoms with Gasteiger partial charge in [-0.05, 0) is 12.0 Å². The first-order valence-electron chi connectivity index (χ1n) is 7.66. The van der Waals surface area contributed by atoms with Crippen LogP contribution in [0.3, 0.4) is 0 Å². The number of nitrogens with zero attached hydrogens (tertiary/aromatic N) is 2. The Bertz CT molecular complexity index is 547. The van der Waals surface area contributed by atoms with E-state index in [1.54, 1.807) is 4.90 Å². The summed E-state index contributed by atoms with van der Waals surface area (Å²) in [5.74, 6) is -0.0290. The third-order valence-electron chi connectivity index (χ3n) is 3.98. The van der Waals surface area contributed by atoms with E-state index < -0.39 is 6.10 Å². The molecule has 0 aliphatic carbocycles. The lowest BCUT2D eigenvalue weighted by Gasteiger charge is -2.25. The van der Waals surface area contributed by atoms with Gasteiger partial charge >= 0.3 is 0 Å². The van der Waals surface area contributed by atoms with Crippen LogP contribution in [0.2, 0.25) is 0 Å². The maximum absolute atomic E-state index is 12.6. The summed E-state index contributed by atoms with van der Waals surface area (Å²) in [7, 11) is 0. The SMILES string of the molecule is NCC1CN(C(=O)C2CC(c3ccccc3)=NO2)CCCO1. The molecule has 0 aromatic heterocycles. The predicted octanol–water partition coefficient (Wildman–Crippen LogP) is 0.756. The van der Waals surface area contributed by atoms with Gasteiger partial charge in [0.1, 0.15) is 0 Å². The van der Waals surface area contributed by atoms with E-state index in [2.05, 4.69) is 5.16 Å². The topological polar surface area (TPSA) is 77.2 Å². The van der Waals surface area contributed by atoms with Gasteiger partial charge in [0.25, 0.3) is 5.91 Å². The molecule has 1 amide bonds. The van der Waals surface area contributed by atoms with Crippen molar-refractivity contribution in [2.24, 2.45) is 10.9 Å². The maximum Gasteiger partial charge on any atom is 0.266 e. The van der Waals surface area contributed by atoms with Crippen LogP contribution in [-0.4, -0.2) is 55.0 Å². The Labute approximate surface area is 129 Å². The highest BCUT2D eigenvalue weighted by Crippen LogP contribution is 2.19. The van der Waals surface area contributed by atoms with Crippen LogP contribution in [-0.2, 0) is 14.4 Å². The van der Waals surface area contributed by atoms with Crippen molar-refractivity contribution in [3.05, 3.63) is 35.9 Å². The number of hydrogen-bond donors (Lipinski definition) is 1. The highest BCUT2D eigenvalue weighted by Gasteiger charge is 2.33. The van der Waals surface area contributed by atoms with Crippen molar-refractivity contribution in [3.8, 4) is 0 Å². The number of carbonyl (C=O) groups is 1. The highest BCUT2D eigenvalue weighted by atomic mass is 16.6. The number of amides is 1. The summed E-state index contributed by atoms with van der Waals surface area (Å²) in [5, 5.41) is 4.08. The van der Waals surface area contributed by atoms with E-state index >= 15 is 0 Å². The van der Waals surface area contributed by atoms with E-state index in [1.807, 2.05) is 30.3 Å². The first-order chi connectivity index (χ1) is 10.8. The van der Waals surface area contributed by atoms with Crippen molar-refractivity contribution < 1.29 is 14.4 Å². The zero-order valence-electron chi connectivity index (χ0n) is 12.5. The average Bonchev–Trinajstić information content (AvgIpc) is 2.93. The average molecular weight is 303 g/mol. The molecule has 6 nitrogen and oxygen atoms in total. The Balaban J connectivity index is 1.62. The van der Waals surface area contributed by atoms with E-state index in [1.165, 1.54) is 0 Å². The van der Waals surface area contributed by atoms with E-state index in [0.717, 1.165) is 17.7 Å². The zero-order chi connectivity index (χ0) is 15.4. The van der Waals surface area contributed by atoms with Gasteiger partial charge in [-0.15, -0.1) is 0 Å². The molecule has 2 aliphatic heterocycles. The molecule has 2 N–H and O–H groups in total. The second-order valence-electron chi connectivity index (χ2n) is 5.57. The molecule has 1 saturated heterocycles. The molecule has 2 unspecified atom stereocenters. The molecule has 1 aromatic carbocycles. The van der Waals surface area contributed by atoms with Gasteiger partial charge in [-0.3, -0.25) is 4.79 Å². The second-order valence-corrected chi connectivity index (χ2v) is 5.57. The van der Waals surface area contributed by atoms with Gasteiger partial charge in [-0.25, -0.2) is 0 Å². The normalized spacial score (nSPS) is 25.3. The van der Waals surface area contributed by atoms with Gasteiger partial charge < -0.3 is 20.2 Å². The number of ether oxygens (including phenoxy) is 1.